The Labute approximate surface area is 105 Å². The van der Waals surface area contributed by atoms with Crippen molar-refractivity contribution in [3.8, 4) is 0 Å². The van der Waals surface area contributed by atoms with E-state index in [9.17, 15) is 4.79 Å². The first-order chi connectivity index (χ1) is 8.25. The van der Waals surface area contributed by atoms with Crippen LogP contribution in [0.2, 0.25) is 5.02 Å². The summed E-state index contributed by atoms with van der Waals surface area (Å²) >= 11 is 5.70. The number of rotatable bonds is 3. The number of nitrogens with zero attached hydrogens (tertiary/aromatic N) is 1. The van der Waals surface area contributed by atoms with Crippen molar-refractivity contribution in [1.82, 2.24) is 15.6 Å². The van der Waals surface area contributed by atoms with Crippen LogP contribution in [0, 0.1) is 0 Å². The molecule has 17 heavy (non-hydrogen) atoms. The standard InChI is InChI=1S/C12H14ClN3O/c13-10-1-2-11(15-8-10)12(17)16-7-9-3-5-14-6-4-9/h1-3,8,14H,4-7H2,(H,16,17). The zero-order valence-corrected chi connectivity index (χ0v) is 10.1. The Bertz CT molecular complexity index is 428. The molecule has 2 N–H and O–H groups in total. The molecule has 0 aromatic carbocycles. The van der Waals surface area contributed by atoms with Crippen LogP contribution in [0.4, 0.5) is 0 Å². The third kappa shape index (κ3) is 3.54. The molecule has 90 valence electrons. The number of nitrogens with one attached hydrogen (secondary N) is 2. The quantitative estimate of drug-likeness (QED) is 0.799. The summed E-state index contributed by atoms with van der Waals surface area (Å²) in [6.45, 7) is 2.44. The van der Waals surface area contributed by atoms with Crippen molar-refractivity contribution in [2.24, 2.45) is 0 Å². The molecule has 1 aromatic heterocycles. The maximum Gasteiger partial charge on any atom is 0.270 e. The molecule has 1 aliphatic heterocycles. The van der Waals surface area contributed by atoms with Crippen molar-refractivity contribution in [2.45, 2.75) is 6.42 Å². The fourth-order valence-electron chi connectivity index (χ4n) is 1.62. The first-order valence-corrected chi connectivity index (χ1v) is 5.92. The summed E-state index contributed by atoms with van der Waals surface area (Å²) in [4.78, 5) is 15.7. The van der Waals surface area contributed by atoms with Gasteiger partial charge in [-0.15, -0.1) is 0 Å². The van der Waals surface area contributed by atoms with Crippen molar-refractivity contribution < 1.29 is 4.79 Å². The van der Waals surface area contributed by atoms with Crippen LogP contribution in [-0.4, -0.2) is 30.5 Å². The van der Waals surface area contributed by atoms with E-state index >= 15 is 0 Å². The van der Waals surface area contributed by atoms with Gasteiger partial charge in [-0.25, -0.2) is 4.98 Å². The third-order valence-corrected chi connectivity index (χ3v) is 2.82. The molecule has 1 amide bonds. The van der Waals surface area contributed by atoms with Gasteiger partial charge < -0.3 is 10.6 Å². The number of halogens is 1. The first-order valence-electron chi connectivity index (χ1n) is 5.54. The highest BCUT2D eigenvalue weighted by atomic mass is 35.5. The van der Waals surface area contributed by atoms with Crippen LogP contribution in [0.25, 0.3) is 0 Å². The largest absolute Gasteiger partial charge is 0.347 e. The molecule has 1 aromatic rings. The molecule has 0 radical (unpaired) electrons. The zero-order chi connectivity index (χ0) is 12.1. The SMILES string of the molecule is O=C(NCC1=CCNCC1)c1ccc(Cl)cn1. The molecule has 0 saturated carbocycles. The predicted octanol–water partition coefficient (Wildman–Crippen LogP) is 1.38. The Morgan fingerprint density at radius 1 is 1.53 bits per heavy atom. The van der Waals surface area contributed by atoms with Gasteiger partial charge in [0.05, 0.1) is 5.02 Å². The minimum absolute atomic E-state index is 0.166. The number of pyridine rings is 1. The Morgan fingerprint density at radius 3 is 3.06 bits per heavy atom. The van der Waals surface area contributed by atoms with Crippen LogP contribution in [-0.2, 0) is 0 Å². The molecule has 0 atom stereocenters. The maximum atomic E-state index is 11.7. The summed E-state index contributed by atoms with van der Waals surface area (Å²) in [7, 11) is 0. The van der Waals surface area contributed by atoms with Gasteiger partial charge in [-0.05, 0) is 25.1 Å². The molecule has 0 fully saturated rings. The number of amides is 1. The summed E-state index contributed by atoms with van der Waals surface area (Å²) in [6, 6.07) is 3.28. The van der Waals surface area contributed by atoms with E-state index in [-0.39, 0.29) is 5.91 Å². The van der Waals surface area contributed by atoms with Gasteiger partial charge in [-0.1, -0.05) is 23.3 Å². The van der Waals surface area contributed by atoms with E-state index in [1.165, 1.54) is 11.8 Å². The summed E-state index contributed by atoms with van der Waals surface area (Å²) in [6.07, 6.45) is 4.56. The van der Waals surface area contributed by atoms with Crippen molar-refractivity contribution in [3.63, 3.8) is 0 Å². The fraction of sp³-hybridized carbons (Fsp3) is 0.333. The second kappa shape index (κ2) is 5.80. The van der Waals surface area contributed by atoms with Crippen LogP contribution < -0.4 is 10.6 Å². The van der Waals surface area contributed by atoms with E-state index in [0.717, 1.165) is 19.5 Å². The molecular weight excluding hydrogens is 238 g/mol. The lowest BCUT2D eigenvalue weighted by molar-refractivity contribution is 0.0951. The number of hydrogen-bond acceptors (Lipinski definition) is 3. The van der Waals surface area contributed by atoms with Crippen molar-refractivity contribution in [2.75, 3.05) is 19.6 Å². The van der Waals surface area contributed by atoms with Gasteiger partial charge in [0.2, 0.25) is 0 Å². The third-order valence-electron chi connectivity index (χ3n) is 2.59. The summed E-state index contributed by atoms with van der Waals surface area (Å²) in [5.41, 5.74) is 1.65. The van der Waals surface area contributed by atoms with Crippen LogP contribution in [0.3, 0.4) is 0 Å². The first kappa shape index (κ1) is 12.1. The van der Waals surface area contributed by atoms with E-state index in [2.05, 4.69) is 21.7 Å². The van der Waals surface area contributed by atoms with Gasteiger partial charge in [0.1, 0.15) is 5.69 Å². The lowest BCUT2D eigenvalue weighted by atomic mass is 10.1. The molecule has 0 aliphatic carbocycles. The second-order valence-electron chi connectivity index (χ2n) is 3.86. The summed E-state index contributed by atoms with van der Waals surface area (Å²) < 4.78 is 0. The van der Waals surface area contributed by atoms with E-state index < -0.39 is 0 Å². The van der Waals surface area contributed by atoms with Crippen LogP contribution >= 0.6 is 11.6 Å². The fourth-order valence-corrected chi connectivity index (χ4v) is 1.74. The van der Waals surface area contributed by atoms with Gasteiger partial charge in [0.25, 0.3) is 5.91 Å². The van der Waals surface area contributed by atoms with Gasteiger partial charge in [-0.3, -0.25) is 4.79 Å². The molecule has 0 bridgehead atoms. The Balaban J connectivity index is 1.88. The van der Waals surface area contributed by atoms with Crippen LogP contribution in [0.5, 0.6) is 0 Å². The molecular formula is C12H14ClN3O. The van der Waals surface area contributed by atoms with E-state index in [1.54, 1.807) is 12.1 Å². The van der Waals surface area contributed by atoms with E-state index in [1.807, 2.05) is 0 Å². The second-order valence-corrected chi connectivity index (χ2v) is 4.30. The van der Waals surface area contributed by atoms with Crippen LogP contribution in [0.15, 0.2) is 30.0 Å². The highest BCUT2D eigenvalue weighted by molar-refractivity contribution is 6.30. The van der Waals surface area contributed by atoms with E-state index in [0.29, 0.717) is 17.3 Å². The predicted molar refractivity (Wildman–Crippen MR) is 67.1 cm³/mol. The Hall–Kier alpha value is -1.39. The average Bonchev–Trinajstić information content (AvgIpc) is 2.38. The average molecular weight is 252 g/mol. The normalized spacial score (nSPS) is 15.2. The van der Waals surface area contributed by atoms with Gasteiger partial charge in [-0.2, -0.15) is 0 Å². The van der Waals surface area contributed by atoms with Crippen molar-refractivity contribution in [3.05, 3.63) is 40.7 Å². The van der Waals surface area contributed by atoms with Gasteiger partial charge in [0.15, 0.2) is 0 Å². The Kier molecular flexibility index (Phi) is 4.12. The monoisotopic (exact) mass is 251 g/mol. The lowest BCUT2D eigenvalue weighted by Gasteiger charge is -2.14. The van der Waals surface area contributed by atoms with Crippen LogP contribution in [0.1, 0.15) is 16.9 Å². The Morgan fingerprint density at radius 2 is 2.41 bits per heavy atom. The highest BCUT2D eigenvalue weighted by Gasteiger charge is 2.08. The number of carbonyl (C=O) groups is 1. The molecule has 0 saturated heterocycles. The van der Waals surface area contributed by atoms with Gasteiger partial charge in [0, 0.05) is 19.3 Å². The smallest absolute Gasteiger partial charge is 0.270 e. The maximum absolute atomic E-state index is 11.7. The lowest BCUT2D eigenvalue weighted by Crippen LogP contribution is -2.30. The molecule has 2 rings (SSSR count). The molecule has 4 nitrogen and oxygen atoms in total. The van der Waals surface area contributed by atoms with Crippen molar-refractivity contribution in [1.29, 1.82) is 0 Å². The topological polar surface area (TPSA) is 54.0 Å². The number of hydrogen-bond donors (Lipinski definition) is 2. The molecule has 0 unspecified atom stereocenters. The minimum atomic E-state index is -0.166. The number of aromatic nitrogens is 1. The number of carbonyl (C=O) groups excluding carboxylic acids is 1. The summed E-state index contributed by atoms with van der Waals surface area (Å²) in [5, 5.41) is 6.60. The minimum Gasteiger partial charge on any atom is -0.347 e. The molecule has 5 heteroatoms. The summed E-state index contributed by atoms with van der Waals surface area (Å²) in [5.74, 6) is -0.166. The molecule has 0 spiro atoms. The zero-order valence-electron chi connectivity index (χ0n) is 9.37. The highest BCUT2D eigenvalue weighted by Crippen LogP contribution is 2.06. The van der Waals surface area contributed by atoms with E-state index in [4.69, 9.17) is 11.6 Å². The molecule has 1 aliphatic rings. The van der Waals surface area contributed by atoms with Gasteiger partial charge >= 0.3 is 0 Å². The van der Waals surface area contributed by atoms with Crippen molar-refractivity contribution >= 4 is 17.5 Å². The molecule has 2 heterocycles.